The average Bonchev–Trinajstić information content (AvgIpc) is 3.53. The summed E-state index contributed by atoms with van der Waals surface area (Å²) < 4.78 is 0. The quantitative estimate of drug-likeness (QED) is 0.686. The van der Waals surface area contributed by atoms with E-state index in [2.05, 4.69) is 10.6 Å². The molecule has 1 aliphatic carbocycles. The smallest absolute Gasteiger partial charge is 0.251 e. The van der Waals surface area contributed by atoms with E-state index < -0.39 is 0 Å². The fourth-order valence-electron chi connectivity index (χ4n) is 2.96. The topological polar surface area (TPSA) is 78.5 Å². The molecule has 2 aromatic rings. The van der Waals surface area contributed by atoms with E-state index in [1.807, 2.05) is 42.5 Å². The minimum atomic E-state index is -0.0910. The molecule has 0 atom stereocenters. The van der Waals surface area contributed by atoms with Crippen LogP contribution in [0.25, 0.3) is 0 Å². The van der Waals surface area contributed by atoms with Crippen molar-refractivity contribution in [3.63, 3.8) is 0 Å². The normalized spacial score (nSPS) is 12.9. The molecule has 29 heavy (non-hydrogen) atoms. The van der Waals surface area contributed by atoms with Crippen molar-refractivity contribution in [2.45, 2.75) is 38.3 Å². The van der Waals surface area contributed by atoms with Crippen molar-refractivity contribution in [1.82, 2.24) is 15.5 Å². The van der Waals surface area contributed by atoms with Crippen LogP contribution in [0.4, 0.5) is 0 Å². The molecular weight excluding hydrogens is 366 g/mol. The monoisotopic (exact) mass is 393 g/mol. The van der Waals surface area contributed by atoms with E-state index in [0.717, 1.165) is 24.0 Å². The lowest BCUT2D eigenvalue weighted by Crippen LogP contribution is -2.32. The maximum Gasteiger partial charge on any atom is 0.251 e. The molecule has 0 bridgehead atoms. The highest BCUT2D eigenvalue weighted by atomic mass is 16.2. The van der Waals surface area contributed by atoms with Crippen LogP contribution < -0.4 is 10.6 Å². The van der Waals surface area contributed by atoms with Crippen molar-refractivity contribution in [2.75, 3.05) is 13.6 Å². The second kappa shape index (κ2) is 9.87. The number of benzene rings is 2. The number of rotatable bonds is 9. The number of carbonyl (C=O) groups excluding carboxylic acids is 3. The Hall–Kier alpha value is -3.15. The third kappa shape index (κ3) is 6.75. The molecule has 3 rings (SSSR count). The Morgan fingerprint density at radius 3 is 2.31 bits per heavy atom. The zero-order valence-electron chi connectivity index (χ0n) is 16.7. The number of hydrogen-bond donors (Lipinski definition) is 2. The molecule has 0 heterocycles. The summed E-state index contributed by atoms with van der Waals surface area (Å²) in [6.45, 7) is 0.774. The van der Waals surface area contributed by atoms with E-state index in [-0.39, 0.29) is 24.1 Å². The van der Waals surface area contributed by atoms with Crippen molar-refractivity contribution in [3.8, 4) is 0 Å². The number of hydrogen-bond acceptors (Lipinski definition) is 3. The summed E-state index contributed by atoms with van der Waals surface area (Å²) in [4.78, 5) is 37.9. The Kier molecular flexibility index (Phi) is 7.00. The number of nitrogens with one attached hydrogen (secondary N) is 2. The van der Waals surface area contributed by atoms with Gasteiger partial charge in [0.05, 0.1) is 6.42 Å². The van der Waals surface area contributed by atoms with Crippen molar-refractivity contribution in [1.29, 1.82) is 0 Å². The summed E-state index contributed by atoms with van der Waals surface area (Å²) in [5.41, 5.74) is 2.54. The largest absolute Gasteiger partial charge is 0.355 e. The van der Waals surface area contributed by atoms with E-state index in [1.165, 1.54) is 0 Å². The fraction of sp³-hybridized carbons (Fsp3) is 0.348. The molecule has 1 aliphatic rings. The van der Waals surface area contributed by atoms with Gasteiger partial charge in [-0.2, -0.15) is 0 Å². The Morgan fingerprint density at radius 1 is 0.966 bits per heavy atom. The molecule has 0 spiro atoms. The Labute approximate surface area is 171 Å². The predicted molar refractivity (Wildman–Crippen MR) is 111 cm³/mol. The van der Waals surface area contributed by atoms with E-state index in [1.54, 1.807) is 24.1 Å². The number of nitrogens with zero attached hydrogens (tertiary/aromatic N) is 1. The van der Waals surface area contributed by atoms with Crippen LogP contribution in [0.2, 0.25) is 0 Å². The van der Waals surface area contributed by atoms with Gasteiger partial charge < -0.3 is 15.5 Å². The van der Waals surface area contributed by atoms with Gasteiger partial charge in [-0.1, -0.05) is 42.5 Å². The minimum absolute atomic E-state index is 0.0411. The lowest BCUT2D eigenvalue weighted by molar-refractivity contribution is -0.130. The summed E-state index contributed by atoms with van der Waals surface area (Å²) in [6.07, 6.45) is 2.68. The molecule has 1 saturated carbocycles. The Morgan fingerprint density at radius 2 is 1.66 bits per heavy atom. The predicted octanol–water partition coefficient (Wildman–Crippen LogP) is 2.29. The second-order valence-electron chi connectivity index (χ2n) is 7.46. The summed E-state index contributed by atoms with van der Waals surface area (Å²) in [5, 5.41) is 5.75. The van der Waals surface area contributed by atoms with E-state index >= 15 is 0 Å². The molecule has 0 aromatic heterocycles. The molecule has 6 heteroatoms. The molecule has 0 aliphatic heterocycles. The van der Waals surface area contributed by atoms with Crippen LogP contribution in [-0.2, 0) is 22.6 Å². The molecule has 6 nitrogen and oxygen atoms in total. The van der Waals surface area contributed by atoms with Gasteiger partial charge in [0.1, 0.15) is 0 Å². The van der Waals surface area contributed by atoms with Crippen LogP contribution in [0.3, 0.4) is 0 Å². The van der Waals surface area contributed by atoms with Crippen molar-refractivity contribution in [3.05, 3.63) is 71.3 Å². The van der Waals surface area contributed by atoms with Gasteiger partial charge in [0.15, 0.2) is 0 Å². The summed E-state index contributed by atoms with van der Waals surface area (Å²) >= 11 is 0. The molecular formula is C23H27N3O3. The Balaban J connectivity index is 1.38. The van der Waals surface area contributed by atoms with Gasteiger partial charge in [0.2, 0.25) is 11.8 Å². The summed E-state index contributed by atoms with van der Waals surface area (Å²) in [5.74, 6) is -0.179. The van der Waals surface area contributed by atoms with E-state index in [9.17, 15) is 14.4 Å². The van der Waals surface area contributed by atoms with Crippen LogP contribution in [0.5, 0.6) is 0 Å². The zero-order valence-corrected chi connectivity index (χ0v) is 16.7. The molecule has 0 saturated heterocycles. The van der Waals surface area contributed by atoms with Gasteiger partial charge in [-0.3, -0.25) is 14.4 Å². The lowest BCUT2D eigenvalue weighted by Gasteiger charge is -2.17. The Bertz CT molecular complexity index is 845. The van der Waals surface area contributed by atoms with Crippen molar-refractivity contribution >= 4 is 17.7 Å². The van der Waals surface area contributed by atoms with Crippen LogP contribution in [0.1, 0.15) is 40.7 Å². The van der Waals surface area contributed by atoms with Gasteiger partial charge in [0.25, 0.3) is 5.91 Å². The lowest BCUT2D eigenvalue weighted by atomic mass is 10.1. The van der Waals surface area contributed by atoms with Crippen LogP contribution in [0.15, 0.2) is 54.6 Å². The van der Waals surface area contributed by atoms with Gasteiger partial charge in [0, 0.05) is 38.2 Å². The highest BCUT2D eigenvalue weighted by Crippen LogP contribution is 2.19. The molecule has 2 aromatic carbocycles. The van der Waals surface area contributed by atoms with Crippen LogP contribution in [-0.4, -0.2) is 42.3 Å². The maximum atomic E-state index is 12.3. The van der Waals surface area contributed by atoms with Gasteiger partial charge in [-0.25, -0.2) is 0 Å². The van der Waals surface area contributed by atoms with Gasteiger partial charge in [-0.15, -0.1) is 0 Å². The zero-order chi connectivity index (χ0) is 20.6. The average molecular weight is 393 g/mol. The summed E-state index contributed by atoms with van der Waals surface area (Å²) in [7, 11) is 1.74. The summed E-state index contributed by atoms with van der Waals surface area (Å²) in [6, 6.07) is 17.1. The highest BCUT2D eigenvalue weighted by molar-refractivity contribution is 5.94. The second-order valence-corrected chi connectivity index (χ2v) is 7.46. The van der Waals surface area contributed by atoms with Crippen LogP contribution in [0, 0.1) is 0 Å². The molecule has 0 unspecified atom stereocenters. The first-order valence-corrected chi connectivity index (χ1v) is 9.95. The molecule has 0 radical (unpaired) electrons. The molecule has 3 amide bonds. The van der Waals surface area contributed by atoms with E-state index in [0.29, 0.717) is 31.1 Å². The van der Waals surface area contributed by atoms with Crippen molar-refractivity contribution < 1.29 is 14.4 Å². The fourth-order valence-corrected chi connectivity index (χ4v) is 2.96. The van der Waals surface area contributed by atoms with Gasteiger partial charge >= 0.3 is 0 Å². The maximum absolute atomic E-state index is 12.3. The first-order valence-electron chi connectivity index (χ1n) is 9.95. The van der Waals surface area contributed by atoms with E-state index in [4.69, 9.17) is 0 Å². The molecule has 2 N–H and O–H groups in total. The SMILES string of the molecule is CN(Cc1ccc(C(=O)NC2CC2)cc1)C(=O)CCNC(=O)Cc1ccccc1. The standard InChI is InChI=1S/C23H27N3O3/c1-26(16-18-7-9-19(10-8-18)23(29)25-20-11-12-20)22(28)13-14-24-21(27)15-17-5-3-2-4-6-17/h2-10,20H,11-16H2,1H3,(H,24,27)(H,25,29). The highest BCUT2D eigenvalue weighted by Gasteiger charge is 2.23. The van der Waals surface area contributed by atoms with Crippen molar-refractivity contribution in [2.24, 2.45) is 0 Å². The van der Waals surface area contributed by atoms with Crippen LogP contribution >= 0.6 is 0 Å². The minimum Gasteiger partial charge on any atom is -0.355 e. The molecule has 152 valence electrons. The van der Waals surface area contributed by atoms with Gasteiger partial charge in [-0.05, 0) is 36.1 Å². The molecule has 1 fully saturated rings. The first kappa shape index (κ1) is 20.6. The number of amides is 3. The number of carbonyl (C=O) groups is 3. The third-order valence-electron chi connectivity index (χ3n) is 4.84. The third-order valence-corrected chi connectivity index (χ3v) is 4.84. The first-order chi connectivity index (χ1) is 14.0.